The molecule has 2 nitrogen and oxygen atoms in total. The Bertz CT molecular complexity index is 4040. The molecule has 0 aliphatic heterocycles. The largest absolute Gasteiger partial charge is 0.309 e. The van der Waals surface area contributed by atoms with Crippen molar-refractivity contribution in [2.24, 2.45) is 5.92 Å². The first-order valence-electron chi connectivity index (χ1n) is 25.9. The van der Waals surface area contributed by atoms with Gasteiger partial charge in [-0.25, -0.2) is 0 Å². The number of benzene rings is 10. The lowest BCUT2D eigenvalue weighted by molar-refractivity contribution is 0.495. The number of hydrogen-bond donors (Lipinski definition) is 0. The second-order valence-corrected chi connectivity index (χ2v) is 20.1. The van der Waals surface area contributed by atoms with Crippen molar-refractivity contribution in [1.82, 2.24) is 4.57 Å². The van der Waals surface area contributed by atoms with Crippen molar-refractivity contribution in [1.29, 1.82) is 0 Å². The van der Waals surface area contributed by atoms with Gasteiger partial charge in [-0.1, -0.05) is 256 Å². The lowest BCUT2D eigenvalue weighted by Crippen LogP contribution is -2.36. The van der Waals surface area contributed by atoms with Crippen LogP contribution in [0.3, 0.4) is 0 Å². The highest BCUT2D eigenvalue weighted by molar-refractivity contribution is 6.11. The van der Waals surface area contributed by atoms with E-state index in [1.807, 2.05) is 0 Å². The fourth-order valence-corrected chi connectivity index (χ4v) is 13.1. The number of fused-ring (bicyclic) bond motifs is 7. The topological polar surface area (TPSA) is 8.17 Å². The summed E-state index contributed by atoms with van der Waals surface area (Å²) in [7, 11) is 0. The molecule has 2 heteroatoms. The molecule has 3 aliphatic carbocycles. The van der Waals surface area contributed by atoms with Crippen LogP contribution < -0.4 is 4.90 Å². The molecule has 0 radical (unpaired) electrons. The van der Waals surface area contributed by atoms with Gasteiger partial charge in [-0.05, 0) is 98.1 Å². The summed E-state index contributed by atoms with van der Waals surface area (Å²) in [6, 6.07) is 94.5. The second kappa shape index (κ2) is 17.5. The van der Waals surface area contributed by atoms with Gasteiger partial charge in [0.05, 0.1) is 33.5 Å². The monoisotopic (exact) mass is 944 g/mol. The fourth-order valence-electron chi connectivity index (χ4n) is 13.1. The van der Waals surface area contributed by atoms with Crippen LogP contribution in [-0.4, -0.2) is 4.57 Å². The summed E-state index contributed by atoms with van der Waals surface area (Å²) in [4.78, 5) is 2.62. The van der Waals surface area contributed by atoms with Crippen LogP contribution in [0.5, 0.6) is 0 Å². The van der Waals surface area contributed by atoms with Crippen LogP contribution in [-0.2, 0) is 10.8 Å². The molecule has 0 saturated carbocycles. The summed E-state index contributed by atoms with van der Waals surface area (Å²) in [6.45, 7) is 2.46. The van der Waals surface area contributed by atoms with Gasteiger partial charge in [0.1, 0.15) is 0 Å². The number of aromatic nitrogens is 1. The van der Waals surface area contributed by atoms with E-state index in [0.717, 1.165) is 33.9 Å². The number of allylic oxidation sites excluding steroid dienone is 8. The Morgan fingerprint density at radius 1 is 0.419 bits per heavy atom. The molecule has 1 aromatic heterocycles. The molecule has 3 aliphatic rings. The minimum atomic E-state index is -0.577. The normalized spacial score (nSPS) is 17.1. The molecule has 0 N–H and O–H groups in total. The zero-order chi connectivity index (χ0) is 49.2. The van der Waals surface area contributed by atoms with E-state index >= 15 is 0 Å². The molecule has 0 spiro atoms. The molecule has 0 amide bonds. The predicted molar refractivity (Wildman–Crippen MR) is 310 cm³/mol. The fraction of sp³-hybridized carbons (Fsp3) is 0.0556. The maximum absolute atomic E-state index is 2.62. The zero-order valence-corrected chi connectivity index (χ0v) is 41.2. The van der Waals surface area contributed by atoms with Crippen molar-refractivity contribution < 1.29 is 0 Å². The van der Waals surface area contributed by atoms with Gasteiger partial charge in [0.15, 0.2) is 0 Å². The van der Waals surface area contributed by atoms with E-state index < -0.39 is 10.8 Å². The van der Waals surface area contributed by atoms with Gasteiger partial charge >= 0.3 is 0 Å². The lowest BCUT2D eigenvalue weighted by atomic mass is 9.61. The molecule has 350 valence electrons. The van der Waals surface area contributed by atoms with Crippen LogP contribution in [0.4, 0.5) is 17.1 Å². The van der Waals surface area contributed by atoms with Crippen LogP contribution in [0.25, 0.3) is 55.3 Å². The van der Waals surface area contributed by atoms with Crippen LogP contribution >= 0.6 is 0 Å². The van der Waals surface area contributed by atoms with E-state index in [1.54, 1.807) is 0 Å². The third-order valence-corrected chi connectivity index (χ3v) is 16.2. The number of nitrogens with zero attached hydrogens (tertiary/aromatic N) is 2. The highest BCUT2D eigenvalue weighted by Crippen LogP contribution is 2.61. The molecular formula is C72H52N2. The zero-order valence-electron chi connectivity index (χ0n) is 41.2. The maximum atomic E-state index is 2.62. The van der Waals surface area contributed by atoms with E-state index in [0.29, 0.717) is 0 Å². The quantitative estimate of drug-likeness (QED) is 0.140. The lowest BCUT2D eigenvalue weighted by Gasteiger charge is -2.44. The molecule has 0 saturated heterocycles. The average molecular weight is 945 g/mol. The maximum Gasteiger partial charge on any atom is 0.0714 e. The van der Waals surface area contributed by atoms with Crippen LogP contribution in [0, 0.1) is 5.92 Å². The highest BCUT2D eigenvalue weighted by atomic mass is 15.2. The molecule has 10 aromatic carbocycles. The van der Waals surface area contributed by atoms with Crippen molar-refractivity contribution in [2.45, 2.75) is 17.8 Å². The Balaban J connectivity index is 1.06. The van der Waals surface area contributed by atoms with E-state index in [2.05, 4.69) is 308 Å². The Labute approximate surface area is 433 Å². The minimum Gasteiger partial charge on any atom is -0.309 e. The Morgan fingerprint density at radius 3 is 1.76 bits per heavy atom. The van der Waals surface area contributed by atoms with Gasteiger partial charge in [-0.15, -0.1) is 0 Å². The Kier molecular flexibility index (Phi) is 10.3. The first-order chi connectivity index (χ1) is 36.6. The second-order valence-electron chi connectivity index (χ2n) is 20.1. The summed E-state index contributed by atoms with van der Waals surface area (Å²) < 4.78 is 2.43. The Hall–Kier alpha value is -9.24. The number of hydrogen-bond acceptors (Lipinski definition) is 1. The predicted octanol–water partition coefficient (Wildman–Crippen LogP) is 18.3. The van der Waals surface area contributed by atoms with Gasteiger partial charge < -0.3 is 9.47 Å². The summed E-state index contributed by atoms with van der Waals surface area (Å²) in [6.07, 6.45) is 13.9. The Morgan fingerprint density at radius 2 is 1.00 bits per heavy atom. The van der Waals surface area contributed by atoms with Crippen molar-refractivity contribution >= 4 is 44.4 Å². The van der Waals surface area contributed by atoms with Crippen LogP contribution in [0.15, 0.2) is 297 Å². The molecular weight excluding hydrogens is 893 g/mol. The molecule has 74 heavy (non-hydrogen) atoms. The summed E-state index contributed by atoms with van der Waals surface area (Å²) in [5, 5.41) is 2.47. The van der Waals surface area contributed by atoms with Gasteiger partial charge in [-0.2, -0.15) is 0 Å². The van der Waals surface area contributed by atoms with E-state index in [-0.39, 0.29) is 5.92 Å². The van der Waals surface area contributed by atoms with Gasteiger partial charge in [-0.3, -0.25) is 0 Å². The van der Waals surface area contributed by atoms with Crippen molar-refractivity contribution in [2.75, 3.05) is 4.90 Å². The molecule has 1 heterocycles. The van der Waals surface area contributed by atoms with Crippen LogP contribution in [0.2, 0.25) is 0 Å². The summed E-state index contributed by atoms with van der Waals surface area (Å²) >= 11 is 0. The number of anilines is 3. The van der Waals surface area contributed by atoms with Gasteiger partial charge in [0.25, 0.3) is 0 Å². The number of rotatable bonds is 9. The highest BCUT2D eigenvalue weighted by Gasteiger charge is 2.48. The summed E-state index contributed by atoms with van der Waals surface area (Å²) in [5.41, 5.74) is 20.8. The molecule has 14 rings (SSSR count). The standard InChI is InChI=1S/C72H52N2/c1-71(48-24-28-51-27-22-38-57(70(51)71)50-25-6-2-7-26-50)62-40-18-21-44-66(62)74(64-42-19-15-35-56(64)52-46-47-59-58-36-16-20-43-65(58)73(68(59)49-52)55-33-12-5-13-34-55)67-45-23-41-63-69(67)60-37-14-17-39-61(60)72(63,53-29-8-3-9-30-53)54-31-10-4-11-32-54/h2-49,70H,1H3. The van der Waals surface area contributed by atoms with E-state index in [9.17, 15) is 0 Å². The molecule has 11 aromatic rings. The van der Waals surface area contributed by atoms with Gasteiger partial charge in [0.2, 0.25) is 0 Å². The smallest absolute Gasteiger partial charge is 0.0714 e. The molecule has 2 unspecified atom stereocenters. The third kappa shape index (κ3) is 6.58. The first kappa shape index (κ1) is 43.5. The molecule has 0 fully saturated rings. The average Bonchev–Trinajstić information content (AvgIpc) is 3.98. The summed E-state index contributed by atoms with van der Waals surface area (Å²) in [5.74, 6) is 0.0616. The van der Waals surface area contributed by atoms with Crippen molar-refractivity contribution in [3.05, 3.63) is 330 Å². The van der Waals surface area contributed by atoms with Crippen molar-refractivity contribution in [3.63, 3.8) is 0 Å². The minimum absolute atomic E-state index is 0.0616. The first-order valence-corrected chi connectivity index (χ1v) is 25.9. The number of para-hydroxylation sites is 4. The van der Waals surface area contributed by atoms with E-state index in [1.165, 1.54) is 77.5 Å². The SMILES string of the molecule is CC1(c2ccccc2N(c2ccccc2-c2ccc3c4ccccc4n(-c4ccccc4)c3c2)c2cccc3c2-c2ccccc2C3(c2ccccc2)c2ccccc2)C=CC=C2C=CC=C(c3ccccc3)C21. The third-order valence-electron chi connectivity index (χ3n) is 16.2. The van der Waals surface area contributed by atoms with E-state index in [4.69, 9.17) is 0 Å². The molecule has 2 atom stereocenters. The van der Waals surface area contributed by atoms with Gasteiger partial charge in [0, 0.05) is 38.9 Å². The molecule has 0 bridgehead atoms. The van der Waals surface area contributed by atoms with Crippen molar-refractivity contribution in [3.8, 4) is 27.9 Å². The van der Waals surface area contributed by atoms with Crippen LogP contribution in [0.1, 0.15) is 40.3 Å².